The molecule has 0 spiro atoms. The molecule has 6 heterocycles. The number of nitrogens with one attached hydrogen (secondary N) is 3. The molecule has 1 fully saturated rings. The van der Waals surface area contributed by atoms with Crippen LogP contribution in [0, 0.1) is 11.3 Å². The van der Waals surface area contributed by atoms with Gasteiger partial charge < -0.3 is 40.3 Å². The van der Waals surface area contributed by atoms with Crippen molar-refractivity contribution in [2.75, 3.05) is 25.7 Å². The van der Waals surface area contributed by atoms with Crippen LogP contribution in [0.2, 0.25) is 0 Å². The third-order valence-electron chi connectivity index (χ3n) is 12.1. The van der Waals surface area contributed by atoms with E-state index >= 15 is 0 Å². The third-order valence-corrected chi connectivity index (χ3v) is 12.1. The maximum Gasteiger partial charge on any atom is 0.407 e. The van der Waals surface area contributed by atoms with Crippen LogP contribution < -0.4 is 16.0 Å². The zero-order valence-corrected chi connectivity index (χ0v) is 36.3. The summed E-state index contributed by atoms with van der Waals surface area (Å²) in [4.78, 5) is 78.8. The average molecular weight is 853 g/mol. The van der Waals surface area contributed by atoms with Crippen molar-refractivity contribution >= 4 is 40.7 Å². The third kappa shape index (κ3) is 8.57. The van der Waals surface area contributed by atoms with Gasteiger partial charge in [-0.25, -0.2) is 24.5 Å². The molecule has 3 aliphatic heterocycles. The molecule has 0 radical (unpaired) electrons. The smallest absolute Gasteiger partial charge is 0.407 e. The summed E-state index contributed by atoms with van der Waals surface area (Å²) in [5, 5.41) is 2.74. The number of carbonyl (C=O) groups is 4. The van der Waals surface area contributed by atoms with Crippen LogP contribution in [0.4, 0.5) is 15.3 Å². The number of primary amides is 1. The second kappa shape index (κ2) is 17.3. The summed E-state index contributed by atoms with van der Waals surface area (Å²) in [6, 6.07) is 19.4. The Morgan fingerprint density at radius 1 is 0.825 bits per heavy atom. The van der Waals surface area contributed by atoms with Crippen molar-refractivity contribution in [1.82, 2.24) is 40.1 Å². The molecule has 63 heavy (non-hydrogen) atoms. The number of methoxy groups -OCH3 is 2. The highest BCUT2D eigenvalue weighted by molar-refractivity contribution is 5.99. The molecule has 4 amide bonds. The lowest BCUT2D eigenvalue weighted by Gasteiger charge is -2.35. The van der Waals surface area contributed by atoms with Gasteiger partial charge in [-0.2, -0.15) is 0 Å². The number of para-hydroxylation sites is 1. The normalized spacial score (nSPS) is 18.6. The van der Waals surface area contributed by atoms with Crippen LogP contribution in [0.3, 0.4) is 0 Å². The summed E-state index contributed by atoms with van der Waals surface area (Å²) in [5.41, 5.74) is 14.3. The number of nitrogens with two attached hydrogens (primary N) is 1. The first-order valence-corrected chi connectivity index (χ1v) is 21.1. The highest BCUT2D eigenvalue weighted by atomic mass is 16.5. The second-order valence-electron chi connectivity index (χ2n) is 17.3. The van der Waals surface area contributed by atoms with Gasteiger partial charge in [0.15, 0.2) is 0 Å². The lowest BCUT2D eigenvalue weighted by Crippen LogP contribution is -2.54. The summed E-state index contributed by atoms with van der Waals surface area (Å²) in [6.07, 6.45) is 8.16. The van der Waals surface area contributed by atoms with Crippen molar-refractivity contribution in [3.63, 3.8) is 0 Å². The number of hydrogen-bond acceptors (Lipinski definition) is 10. The number of aromatic nitrogens is 6. The van der Waals surface area contributed by atoms with Crippen molar-refractivity contribution in [3.05, 3.63) is 102 Å². The Hall–Kier alpha value is -7.10. The van der Waals surface area contributed by atoms with Crippen LogP contribution in [0.25, 0.3) is 44.8 Å². The van der Waals surface area contributed by atoms with Gasteiger partial charge in [-0.15, -0.1) is 0 Å². The molecule has 0 bridgehead atoms. The van der Waals surface area contributed by atoms with E-state index in [9.17, 15) is 19.2 Å². The van der Waals surface area contributed by atoms with E-state index in [1.165, 1.54) is 25.3 Å². The number of hydrogen-bond donors (Lipinski definition) is 4. The molecule has 326 valence electrons. The number of ether oxygens (including phenoxy) is 2. The Bertz CT molecular complexity index is 2680. The summed E-state index contributed by atoms with van der Waals surface area (Å²) in [6.45, 7) is 8.37. The molecular formula is C47H52N10O6. The van der Waals surface area contributed by atoms with Gasteiger partial charge in [0.05, 0.1) is 78.7 Å². The van der Waals surface area contributed by atoms with Crippen molar-refractivity contribution in [2.45, 2.75) is 77.9 Å². The molecule has 6 aromatic rings. The molecule has 9 rings (SSSR count). The SMILES string of the molecule is COC(=O)N[C@H](C(=O)N1CCC[C@H]1c1ncc(-c2ccc3nc(-c4ccc(-c5cnc([C@@H]6Cc7cccc8c7N6C(=O)[C@@H](C)CC8)[nH]5)cc4)cnc3c2)[nH]1)C(C)(C)C.COC(N)=O. The predicted octanol–water partition coefficient (Wildman–Crippen LogP) is 7.44. The van der Waals surface area contributed by atoms with Crippen LogP contribution in [0.15, 0.2) is 79.3 Å². The lowest BCUT2D eigenvalue weighted by molar-refractivity contribution is -0.137. The van der Waals surface area contributed by atoms with E-state index in [0.717, 1.165) is 88.4 Å². The maximum absolute atomic E-state index is 13.8. The number of carbonyl (C=O) groups excluding carboxylic acids is 4. The van der Waals surface area contributed by atoms with E-state index in [-0.39, 0.29) is 29.8 Å². The Morgan fingerprint density at radius 3 is 2.16 bits per heavy atom. The molecule has 1 saturated heterocycles. The summed E-state index contributed by atoms with van der Waals surface area (Å²) in [7, 11) is 2.52. The Morgan fingerprint density at radius 2 is 1.48 bits per heavy atom. The van der Waals surface area contributed by atoms with Crippen molar-refractivity contribution < 1.29 is 28.7 Å². The van der Waals surface area contributed by atoms with Crippen LogP contribution in [-0.2, 0) is 31.9 Å². The van der Waals surface area contributed by atoms with Crippen molar-refractivity contribution in [3.8, 4) is 33.8 Å². The summed E-state index contributed by atoms with van der Waals surface area (Å²) >= 11 is 0. The molecule has 0 aliphatic carbocycles. The number of anilines is 1. The van der Waals surface area contributed by atoms with Crippen LogP contribution in [0.1, 0.15) is 81.8 Å². The molecular weight excluding hydrogens is 801 g/mol. The minimum atomic E-state index is -0.747. The number of likely N-dealkylation sites (tertiary alicyclic amines) is 1. The quantitative estimate of drug-likeness (QED) is 0.125. The fraction of sp³-hybridized carbons (Fsp3) is 0.362. The van der Waals surface area contributed by atoms with Gasteiger partial charge in [0.1, 0.15) is 17.7 Å². The number of aromatic amines is 2. The van der Waals surface area contributed by atoms with E-state index in [1.54, 1.807) is 12.4 Å². The van der Waals surface area contributed by atoms with Gasteiger partial charge in [0.2, 0.25) is 11.8 Å². The number of fused-ring (bicyclic) bond motifs is 1. The minimum absolute atomic E-state index is 0.0340. The zero-order chi connectivity index (χ0) is 44.6. The maximum atomic E-state index is 13.8. The Balaban J connectivity index is 0.00000103. The molecule has 0 unspecified atom stereocenters. The number of benzene rings is 3. The van der Waals surface area contributed by atoms with Crippen molar-refractivity contribution in [1.29, 1.82) is 0 Å². The highest BCUT2D eigenvalue weighted by Gasteiger charge is 2.42. The predicted molar refractivity (Wildman–Crippen MR) is 237 cm³/mol. The topological polar surface area (TPSA) is 214 Å². The molecule has 4 atom stereocenters. The number of H-pyrrole nitrogens is 2. The molecule has 0 saturated carbocycles. The van der Waals surface area contributed by atoms with Gasteiger partial charge in [0.25, 0.3) is 0 Å². The fourth-order valence-corrected chi connectivity index (χ4v) is 8.74. The van der Waals surface area contributed by atoms with Gasteiger partial charge in [-0.3, -0.25) is 14.6 Å². The monoisotopic (exact) mass is 852 g/mol. The Labute approximate surface area is 365 Å². The van der Waals surface area contributed by atoms with Crippen LogP contribution in [-0.4, -0.2) is 85.6 Å². The van der Waals surface area contributed by atoms with Gasteiger partial charge in [-0.05, 0) is 59.9 Å². The van der Waals surface area contributed by atoms with Gasteiger partial charge in [0, 0.05) is 30.0 Å². The Kier molecular flexibility index (Phi) is 11.7. The standard InChI is InChI=1S/C45H47N9O4.C2H5NO2/c1-25-11-12-28-8-6-9-30-21-37(54(38(28)30)42(25)55)41-48-23-34(50-41)27-15-13-26(14-16-27)33-22-46-32-20-29(17-18-31(32)49-33)35-24-47-40(51-35)36-10-7-19-53(36)43(56)39(45(2,3)4)52-44(57)58-5;1-5-2(3)4/h6,8-9,13-18,20,22-25,36-37,39H,7,10-12,19,21H2,1-5H3,(H,47,51)(H,48,50)(H,52,57);1H3,(H2,3,4)/t25-,36-,37-,39+;/m0./s1. The average Bonchev–Trinajstić information content (AvgIpc) is 4.12. The van der Waals surface area contributed by atoms with E-state index in [4.69, 9.17) is 24.7 Å². The molecule has 3 aromatic carbocycles. The zero-order valence-electron chi connectivity index (χ0n) is 36.3. The first-order chi connectivity index (χ1) is 30.2. The highest BCUT2D eigenvalue weighted by Crippen LogP contribution is 2.45. The lowest BCUT2D eigenvalue weighted by atomic mass is 9.85. The number of alkyl carbamates (subject to hydrolysis) is 1. The van der Waals surface area contributed by atoms with Crippen LogP contribution >= 0.6 is 0 Å². The minimum Gasteiger partial charge on any atom is -0.453 e. The fourth-order valence-electron chi connectivity index (χ4n) is 8.74. The second-order valence-corrected chi connectivity index (χ2v) is 17.3. The van der Waals surface area contributed by atoms with Crippen molar-refractivity contribution in [2.24, 2.45) is 17.1 Å². The number of imidazole rings is 2. The largest absolute Gasteiger partial charge is 0.453 e. The van der Waals surface area contributed by atoms with E-state index in [0.29, 0.717) is 12.4 Å². The number of amides is 4. The van der Waals surface area contributed by atoms with Gasteiger partial charge >= 0.3 is 12.2 Å². The summed E-state index contributed by atoms with van der Waals surface area (Å²) in [5.74, 6) is 1.48. The van der Waals surface area contributed by atoms with Gasteiger partial charge in [-0.1, -0.05) is 76.2 Å². The van der Waals surface area contributed by atoms with Crippen LogP contribution in [0.5, 0.6) is 0 Å². The molecule has 16 nitrogen and oxygen atoms in total. The first kappa shape index (κ1) is 42.6. The number of rotatable bonds is 7. The number of nitrogens with zero attached hydrogens (tertiary/aromatic N) is 6. The molecule has 5 N–H and O–H groups in total. The van der Waals surface area contributed by atoms with E-state index in [2.05, 4.69) is 56.1 Å². The molecule has 3 aromatic heterocycles. The summed E-state index contributed by atoms with van der Waals surface area (Å²) < 4.78 is 8.70. The van der Waals surface area contributed by atoms with E-state index < -0.39 is 23.6 Å². The first-order valence-electron chi connectivity index (χ1n) is 21.1. The number of aryl methyl sites for hydroxylation is 1. The van der Waals surface area contributed by atoms with E-state index in [1.807, 2.05) is 74.0 Å². The molecule has 16 heteroatoms. The molecule has 3 aliphatic rings.